The lowest BCUT2D eigenvalue weighted by molar-refractivity contribution is 0.103. The van der Waals surface area contributed by atoms with Crippen LogP contribution in [0.4, 0.5) is 5.69 Å². The minimum atomic E-state index is -0.154. The van der Waals surface area contributed by atoms with Gasteiger partial charge in [0.05, 0.1) is 12.0 Å². The van der Waals surface area contributed by atoms with Crippen LogP contribution in [0.3, 0.4) is 0 Å². The lowest BCUT2D eigenvalue weighted by Gasteiger charge is -2.31. The molecule has 1 aromatic carbocycles. The molecule has 0 aliphatic rings. The molecular formula is C20H29ClN2O3S. The van der Waals surface area contributed by atoms with Crippen molar-refractivity contribution < 1.29 is 14.6 Å². The van der Waals surface area contributed by atoms with Gasteiger partial charge in [-0.15, -0.1) is 23.7 Å². The lowest BCUT2D eigenvalue weighted by Crippen LogP contribution is -2.38. The molecule has 27 heavy (non-hydrogen) atoms. The van der Waals surface area contributed by atoms with Crippen molar-refractivity contribution in [1.29, 1.82) is 0 Å². The molecule has 0 fully saturated rings. The molecule has 0 radical (unpaired) electrons. The summed E-state index contributed by atoms with van der Waals surface area (Å²) in [6, 6.07) is 7.73. The Kier molecular flexibility index (Phi) is 9.09. The number of phenols is 1. The van der Waals surface area contributed by atoms with E-state index in [1.807, 2.05) is 11.4 Å². The summed E-state index contributed by atoms with van der Waals surface area (Å²) in [7, 11) is 1.53. The molecule has 7 heteroatoms. The van der Waals surface area contributed by atoms with E-state index in [-0.39, 0.29) is 24.1 Å². The first kappa shape index (κ1) is 23.3. The van der Waals surface area contributed by atoms with E-state index in [0.29, 0.717) is 34.8 Å². The Morgan fingerprint density at radius 2 is 1.89 bits per heavy atom. The smallest absolute Gasteiger partial charge is 0.265 e. The average Bonchev–Trinajstić information content (AvgIpc) is 3.11. The number of ether oxygens (including phenoxy) is 1. The second kappa shape index (κ2) is 10.5. The number of carbonyl (C=O) groups is 1. The van der Waals surface area contributed by atoms with Gasteiger partial charge in [0.25, 0.3) is 5.91 Å². The Bertz CT molecular complexity index is 725. The van der Waals surface area contributed by atoms with Gasteiger partial charge in [0.2, 0.25) is 0 Å². The van der Waals surface area contributed by atoms with Crippen molar-refractivity contribution in [3.8, 4) is 11.5 Å². The molecule has 1 aromatic heterocycles. The zero-order chi connectivity index (χ0) is 19.3. The summed E-state index contributed by atoms with van der Waals surface area (Å²) in [5.41, 5.74) is 1.48. The van der Waals surface area contributed by atoms with Gasteiger partial charge in [-0.25, -0.2) is 0 Å². The maximum Gasteiger partial charge on any atom is 0.265 e. The molecular weight excluding hydrogens is 384 g/mol. The number of nitrogens with zero attached hydrogens (tertiary/aromatic N) is 1. The number of benzene rings is 1. The Labute approximate surface area is 171 Å². The van der Waals surface area contributed by atoms with Crippen LogP contribution < -0.4 is 10.1 Å². The molecule has 0 saturated heterocycles. The third-order valence-electron chi connectivity index (χ3n) is 4.38. The molecule has 2 N–H and O–H groups in total. The van der Waals surface area contributed by atoms with Crippen molar-refractivity contribution in [3.63, 3.8) is 0 Å². The van der Waals surface area contributed by atoms with Gasteiger partial charge in [-0.3, -0.25) is 9.69 Å². The summed E-state index contributed by atoms with van der Waals surface area (Å²) in [6.45, 7) is 9.47. The van der Waals surface area contributed by atoms with Crippen LogP contribution in [0.15, 0.2) is 29.6 Å². The maximum atomic E-state index is 12.5. The standard InChI is InChI=1S/C20H28N2O3S.ClH/c1-13(2)22(14(3)4)11-10-15-16(8-9-17(23)19(15)25-5)21-20(24)18-7-6-12-26-18;/h6-9,12-14,23H,10-11H2,1-5H3,(H,21,24);1H. The largest absolute Gasteiger partial charge is 0.504 e. The van der Waals surface area contributed by atoms with Crippen molar-refractivity contribution in [2.24, 2.45) is 0 Å². The molecule has 0 spiro atoms. The van der Waals surface area contributed by atoms with E-state index in [1.165, 1.54) is 18.4 Å². The van der Waals surface area contributed by atoms with Crippen LogP contribution in [0.2, 0.25) is 0 Å². The molecule has 0 saturated carbocycles. The summed E-state index contributed by atoms with van der Waals surface area (Å²) in [5, 5.41) is 15.0. The fraction of sp³-hybridized carbons (Fsp3) is 0.450. The number of nitrogens with one attached hydrogen (secondary N) is 1. The molecule has 0 unspecified atom stereocenters. The summed E-state index contributed by atoms with van der Waals surface area (Å²) < 4.78 is 5.43. The second-order valence-electron chi connectivity index (χ2n) is 6.75. The van der Waals surface area contributed by atoms with Crippen molar-refractivity contribution >= 4 is 35.3 Å². The maximum absolute atomic E-state index is 12.5. The fourth-order valence-electron chi connectivity index (χ4n) is 3.15. The van der Waals surface area contributed by atoms with E-state index < -0.39 is 0 Å². The van der Waals surface area contributed by atoms with E-state index in [9.17, 15) is 9.90 Å². The Hall–Kier alpha value is -1.76. The quantitative estimate of drug-likeness (QED) is 0.611. The number of methoxy groups -OCH3 is 1. The number of rotatable bonds is 8. The normalized spacial score (nSPS) is 11.0. The highest BCUT2D eigenvalue weighted by atomic mass is 35.5. The average molecular weight is 413 g/mol. The monoisotopic (exact) mass is 412 g/mol. The van der Waals surface area contributed by atoms with Crippen molar-refractivity contribution in [2.75, 3.05) is 19.0 Å². The summed E-state index contributed by atoms with van der Waals surface area (Å²) in [4.78, 5) is 15.5. The van der Waals surface area contributed by atoms with E-state index >= 15 is 0 Å². The van der Waals surface area contributed by atoms with Gasteiger partial charge in [-0.1, -0.05) is 6.07 Å². The molecule has 0 aliphatic carbocycles. The number of carbonyl (C=O) groups excluding carboxylic acids is 1. The molecule has 1 amide bonds. The van der Waals surface area contributed by atoms with E-state index in [0.717, 1.165) is 12.1 Å². The van der Waals surface area contributed by atoms with Gasteiger partial charge in [-0.05, 0) is 57.7 Å². The predicted octanol–water partition coefficient (Wildman–Crippen LogP) is 4.80. The van der Waals surface area contributed by atoms with Crippen LogP contribution >= 0.6 is 23.7 Å². The van der Waals surface area contributed by atoms with Crippen LogP contribution in [0.25, 0.3) is 0 Å². The topological polar surface area (TPSA) is 61.8 Å². The first-order chi connectivity index (χ1) is 12.3. The zero-order valence-corrected chi connectivity index (χ0v) is 18.1. The Balaban J connectivity index is 0.00000364. The first-order valence-electron chi connectivity index (χ1n) is 8.84. The number of anilines is 1. The summed E-state index contributed by atoms with van der Waals surface area (Å²) >= 11 is 1.39. The molecule has 0 bridgehead atoms. The molecule has 5 nitrogen and oxygen atoms in total. The van der Waals surface area contributed by atoms with E-state index in [4.69, 9.17) is 4.74 Å². The number of amides is 1. The lowest BCUT2D eigenvalue weighted by atomic mass is 10.1. The molecule has 1 heterocycles. The van der Waals surface area contributed by atoms with Crippen molar-refractivity contribution in [3.05, 3.63) is 40.1 Å². The van der Waals surface area contributed by atoms with Gasteiger partial charge in [0.1, 0.15) is 0 Å². The molecule has 2 aromatic rings. The third-order valence-corrected chi connectivity index (χ3v) is 5.25. The fourth-order valence-corrected chi connectivity index (χ4v) is 3.77. The Morgan fingerprint density at radius 1 is 1.22 bits per heavy atom. The van der Waals surface area contributed by atoms with Gasteiger partial charge in [0.15, 0.2) is 11.5 Å². The highest BCUT2D eigenvalue weighted by molar-refractivity contribution is 7.12. The van der Waals surface area contributed by atoms with Crippen LogP contribution in [0, 0.1) is 0 Å². The van der Waals surface area contributed by atoms with E-state index in [1.54, 1.807) is 18.2 Å². The Morgan fingerprint density at radius 3 is 2.41 bits per heavy atom. The number of hydrogen-bond acceptors (Lipinski definition) is 5. The minimum absolute atomic E-state index is 0. The first-order valence-corrected chi connectivity index (χ1v) is 9.72. The van der Waals surface area contributed by atoms with Crippen LogP contribution in [-0.2, 0) is 6.42 Å². The highest BCUT2D eigenvalue weighted by Gasteiger charge is 2.19. The van der Waals surface area contributed by atoms with E-state index in [2.05, 4.69) is 37.9 Å². The highest BCUT2D eigenvalue weighted by Crippen LogP contribution is 2.36. The van der Waals surface area contributed by atoms with Gasteiger partial charge >= 0.3 is 0 Å². The number of phenolic OH excluding ortho intramolecular Hbond substituents is 1. The minimum Gasteiger partial charge on any atom is -0.504 e. The molecule has 0 aliphatic heterocycles. The van der Waals surface area contributed by atoms with Crippen LogP contribution in [0.5, 0.6) is 11.5 Å². The second-order valence-corrected chi connectivity index (χ2v) is 7.70. The number of thiophene rings is 1. The number of aromatic hydroxyl groups is 1. The van der Waals surface area contributed by atoms with Gasteiger partial charge in [0, 0.05) is 29.9 Å². The zero-order valence-electron chi connectivity index (χ0n) is 16.5. The predicted molar refractivity (Wildman–Crippen MR) is 115 cm³/mol. The summed E-state index contributed by atoms with van der Waals surface area (Å²) in [6.07, 6.45) is 0.661. The van der Waals surface area contributed by atoms with Gasteiger partial charge in [-0.2, -0.15) is 0 Å². The number of hydrogen-bond donors (Lipinski definition) is 2. The molecule has 150 valence electrons. The third kappa shape index (κ3) is 5.86. The SMILES string of the molecule is COc1c(O)ccc(NC(=O)c2cccs2)c1CCN(C(C)C)C(C)C.Cl. The van der Waals surface area contributed by atoms with Crippen molar-refractivity contribution in [2.45, 2.75) is 46.2 Å². The van der Waals surface area contributed by atoms with Gasteiger partial charge < -0.3 is 15.2 Å². The van der Waals surface area contributed by atoms with Crippen molar-refractivity contribution in [1.82, 2.24) is 4.90 Å². The van der Waals surface area contributed by atoms with Crippen LogP contribution in [-0.4, -0.2) is 41.7 Å². The number of halogens is 1. The summed E-state index contributed by atoms with van der Waals surface area (Å²) in [5.74, 6) is 0.345. The van der Waals surface area contributed by atoms with Crippen LogP contribution in [0.1, 0.15) is 42.9 Å². The molecule has 0 atom stereocenters. The molecule has 2 rings (SSSR count).